The molecule has 0 bridgehead atoms. The number of ether oxygens (including phenoxy) is 1. The largest absolute Gasteiger partial charge is 0.480 e. The lowest BCUT2D eigenvalue weighted by molar-refractivity contribution is -0.318. The molecule has 8 nitrogen and oxygen atoms in total. The SMILES string of the molecule is CC(C)C[C@@H](NCC1(O)OCC(O)C(O)C1O)C(=O)O. The van der Waals surface area contributed by atoms with Gasteiger partial charge in [0, 0.05) is 0 Å². The van der Waals surface area contributed by atoms with Gasteiger partial charge in [-0.05, 0) is 12.3 Å². The summed E-state index contributed by atoms with van der Waals surface area (Å²) in [6.07, 6.45) is -4.24. The monoisotopic (exact) mass is 293 g/mol. The van der Waals surface area contributed by atoms with Crippen LogP contribution in [0.2, 0.25) is 0 Å². The second-order valence-electron chi connectivity index (χ2n) is 5.56. The Bertz CT molecular complexity index is 338. The van der Waals surface area contributed by atoms with E-state index in [1.54, 1.807) is 0 Å². The first-order chi connectivity index (χ1) is 9.17. The third kappa shape index (κ3) is 4.11. The zero-order valence-corrected chi connectivity index (χ0v) is 11.6. The predicted molar refractivity (Wildman–Crippen MR) is 67.8 cm³/mol. The molecule has 1 rings (SSSR count). The van der Waals surface area contributed by atoms with Gasteiger partial charge in [0.2, 0.25) is 5.79 Å². The van der Waals surface area contributed by atoms with Crippen LogP contribution in [0.1, 0.15) is 20.3 Å². The van der Waals surface area contributed by atoms with Gasteiger partial charge >= 0.3 is 5.97 Å². The molecule has 8 heteroatoms. The van der Waals surface area contributed by atoms with Gasteiger partial charge in [-0.25, -0.2) is 0 Å². The Morgan fingerprint density at radius 1 is 1.40 bits per heavy atom. The van der Waals surface area contributed by atoms with Crippen LogP contribution in [0, 0.1) is 5.92 Å². The van der Waals surface area contributed by atoms with E-state index in [0.717, 1.165) is 0 Å². The number of aliphatic hydroxyl groups is 4. The third-order valence-electron chi connectivity index (χ3n) is 3.29. The van der Waals surface area contributed by atoms with Crippen molar-refractivity contribution in [2.75, 3.05) is 13.2 Å². The topological polar surface area (TPSA) is 139 Å². The maximum absolute atomic E-state index is 11.1. The Morgan fingerprint density at radius 2 is 2.00 bits per heavy atom. The molecule has 0 aliphatic carbocycles. The maximum atomic E-state index is 11.1. The molecule has 5 atom stereocenters. The molecule has 0 saturated carbocycles. The first kappa shape index (κ1) is 17.3. The van der Waals surface area contributed by atoms with Crippen molar-refractivity contribution < 1.29 is 35.1 Å². The number of hydrogen-bond donors (Lipinski definition) is 6. The molecule has 1 aliphatic heterocycles. The zero-order valence-electron chi connectivity index (χ0n) is 11.6. The van der Waals surface area contributed by atoms with Gasteiger partial charge < -0.3 is 30.3 Å². The Morgan fingerprint density at radius 3 is 2.50 bits per heavy atom. The molecule has 0 aromatic rings. The van der Waals surface area contributed by atoms with Crippen molar-refractivity contribution in [2.45, 2.75) is 50.4 Å². The van der Waals surface area contributed by atoms with Crippen LogP contribution in [0.25, 0.3) is 0 Å². The molecule has 1 saturated heterocycles. The van der Waals surface area contributed by atoms with Crippen molar-refractivity contribution in [1.29, 1.82) is 0 Å². The van der Waals surface area contributed by atoms with E-state index in [2.05, 4.69) is 5.32 Å². The molecule has 118 valence electrons. The van der Waals surface area contributed by atoms with Gasteiger partial charge in [0.1, 0.15) is 24.4 Å². The Labute approximate surface area is 117 Å². The molecular weight excluding hydrogens is 270 g/mol. The lowest BCUT2D eigenvalue weighted by Gasteiger charge is -2.42. The number of carboxylic acid groups (broad SMARTS) is 1. The quantitative estimate of drug-likeness (QED) is 0.326. The maximum Gasteiger partial charge on any atom is 0.320 e. The summed E-state index contributed by atoms with van der Waals surface area (Å²) in [7, 11) is 0. The van der Waals surface area contributed by atoms with Crippen molar-refractivity contribution in [2.24, 2.45) is 5.92 Å². The molecule has 6 N–H and O–H groups in total. The van der Waals surface area contributed by atoms with E-state index in [9.17, 15) is 25.2 Å². The Balaban J connectivity index is 2.64. The normalized spacial score (nSPS) is 36.0. The molecule has 1 fully saturated rings. The van der Waals surface area contributed by atoms with Gasteiger partial charge in [-0.2, -0.15) is 0 Å². The zero-order chi connectivity index (χ0) is 15.5. The van der Waals surface area contributed by atoms with E-state index in [1.165, 1.54) is 0 Å². The lowest BCUT2D eigenvalue weighted by atomic mass is 9.96. The van der Waals surface area contributed by atoms with Gasteiger partial charge in [-0.3, -0.25) is 10.1 Å². The fraction of sp³-hybridized carbons (Fsp3) is 0.917. The third-order valence-corrected chi connectivity index (χ3v) is 3.29. The van der Waals surface area contributed by atoms with Crippen molar-refractivity contribution in [3.63, 3.8) is 0 Å². The smallest absolute Gasteiger partial charge is 0.320 e. The van der Waals surface area contributed by atoms with Crippen LogP contribution in [0.5, 0.6) is 0 Å². The molecule has 1 heterocycles. The van der Waals surface area contributed by atoms with E-state index in [-0.39, 0.29) is 19.1 Å². The number of nitrogens with one attached hydrogen (secondary N) is 1. The molecular formula is C12H23NO7. The van der Waals surface area contributed by atoms with E-state index in [4.69, 9.17) is 9.84 Å². The number of hydrogen-bond acceptors (Lipinski definition) is 7. The highest BCUT2D eigenvalue weighted by Crippen LogP contribution is 2.23. The second kappa shape index (κ2) is 6.79. The van der Waals surface area contributed by atoms with Crippen LogP contribution < -0.4 is 5.32 Å². The summed E-state index contributed by atoms with van der Waals surface area (Å²) < 4.78 is 4.94. The minimum Gasteiger partial charge on any atom is -0.480 e. The molecule has 4 unspecified atom stereocenters. The Kier molecular flexibility index (Phi) is 5.87. The van der Waals surface area contributed by atoms with E-state index in [0.29, 0.717) is 6.42 Å². The van der Waals surface area contributed by atoms with Gasteiger partial charge in [0.05, 0.1) is 13.2 Å². The van der Waals surface area contributed by atoms with Crippen LogP contribution in [0.4, 0.5) is 0 Å². The highest BCUT2D eigenvalue weighted by Gasteiger charge is 2.48. The number of carboxylic acids is 1. The van der Waals surface area contributed by atoms with Crippen molar-refractivity contribution >= 4 is 5.97 Å². The minimum atomic E-state index is -2.14. The molecule has 0 aromatic carbocycles. The summed E-state index contributed by atoms with van der Waals surface area (Å²) in [5.74, 6) is -3.08. The van der Waals surface area contributed by atoms with Gasteiger partial charge in [-0.1, -0.05) is 13.8 Å². The van der Waals surface area contributed by atoms with Crippen LogP contribution in [0.15, 0.2) is 0 Å². The molecule has 1 aliphatic rings. The molecule has 0 radical (unpaired) electrons. The number of aliphatic hydroxyl groups excluding tert-OH is 3. The molecule has 0 aromatic heterocycles. The molecule has 0 amide bonds. The van der Waals surface area contributed by atoms with Crippen molar-refractivity contribution in [3.8, 4) is 0 Å². The second-order valence-corrected chi connectivity index (χ2v) is 5.56. The summed E-state index contributed by atoms with van der Waals surface area (Å²) in [6, 6.07) is -0.904. The number of aliphatic carboxylic acids is 1. The first-order valence-corrected chi connectivity index (χ1v) is 6.54. The van der Waals surface area contributed by atoms with E-state index < -0.39 is 36.1 Å². The summed E-state index contributed by atoms with van der Waals surface area (Å²) in [5, 5.41) is 50.3. The standard InChI is InChI=1S/C12H23NO7/c1-6(2)3-7(11(17)18)13-5-12(19)10(16)9(15)8(14)4-20-12/h6-10,13-16,19H,3-5H2,1-2H3,(H,17,18)/t7-,8?,9?,10?,12?/m1/s1. The highest BCUT2D eigenvalue weighted by atomic mass is 16.6. The van der Waals surface area contributed by atoms with Crippen LogP contribution in [0.3, 0.4) is 0 Å². The van der Waals surface area contributed by atoms with E-state index in [1.807, 2.05) is 13.8 Å². The van der Waals surface area contributed by atoms with Gasteiger partial charge in [0.25, 0.3) is 0 Å². The van der Waals surface area contributed by atoms with Crippen LogP contribution in [-0.2, 0) is 9.53 Å². The van der Waals surface area contributed by atoms with E-state index >= 15 is 0 Å². The van der Waals surface area contributed by atoms with Gasteiger partial charge in [0.15, 0.2) is 0 Å². The summed E-state index contributed by atoms with van der Waals surface area (Å²) in [5.41, 5.74) is 0. The first-order valence-electron chi connectivity index (χ1n) is 6.54. The average molecular weight is 293 g/mol. The summed E-state index contributed by atoms with van der Waals surface area (Å²) >= 11 is 0. The average Bonchev–Trinajstić information content (AvgIpc) is 2.36. The van der Waals surface area contributed by atoms with Crippen molar-refractivity contribution in [1.82, 2.24) is 5.32 Å². The summed E-state index contributed by atoms with van der Waals surface area (Å²) in [4.78, 5) is 11.1. The molecule has 20 heavy (non-hydrogen) atoms. The minimum absolute atomic E-state index is 0.128. The van der Waals surface area contributed by atoms with Crippen LogP contribution in [-0.4, -0.2) is 74.8 Å². The van der Waals surface area contributed by atoms with Crippen LogP contribution >= 0.6 is 0 Å². The number of rotatable bonds is 6. The predicted octanol–water partition coefficient (Wildman–Crippen LogP) is -2.12. The Hall–Kier alpha value is -0.770. The lowest BCUT2D eigenvalue weighted by Crippen LogP contribution is -2.65. The fourth-order valence-corrected chi connectivity index (χ4v) is 2.06. The fourth-order valence-electron chi connectivity index (χ4n) is 2.06. The molecule has 0 spiro atoms. The van der Waals surface area contributed by atoms with Gasteiger partial charge in [-0.15, -0.1) is 0 Å². The number of carbonyl (C=O) groups is 1. The van der Waals surface area contributed by atoms with Crippen molar-refractivity contribution in [3.05, 3.63) is 0 Å². The summed E-state index contributed by atoms with van der Waals surface area (Å²) in [6.45, 7) is 3.00. The highest BCUT2D eigenvalue weighted by molar-refractivity contribution is 5.73.